The van der Waals surface area contributed by atoms with Crippen molar-refractivity contribution in [3.63, 3.8) is 0 Å². The summed E-state index contributed by atoms with van der Waals surface area (Å²) in [6.07, 6.45) is 3.46. The molecule has 0 atom stereocenters. The Labute approximate surface area is 132 Å². The van der Waals surface area contributed by atoms with Gasteiger partial charge in [-0.3, -0.25) is 10.1 Å². The molecule has 1 aromatic carbocycles. The second kappa shape index (κ2) is 5.21. The Hall–Kier alpha value is -3.21. The molecular weight excluding hydrogens is 288 g/mol. The van der Waals surface area contributed by atoms with Crippen molar-refractivity contribution in [3.8, 4) is 28.4 Å². The first-order valence-corrected chi connectivity index (χ1v) is 7.28. The average molecular weight is 302 g/mol. The number of phenols is 1. The van der Waals surface area contributed by atoms with Crippen LogP contribution in [-0.4, -0.2) is 25.3 Å². The average Bonchev–Trinajstić information content (AvgIpc) is 3.10. The summed E-state index contributed by atoms with van der Waals surface area (Å²) >= 11 is 0. The van der Waals surface area contributed by atoms with Gasteiger partial charge in [-0.1, -0.05) is 6.07 Å². The molecule has 4 aromatic rings. The van der Waals surface area contributed by atoms with Crippen LogP contribution < -0.4 is 0 Å². The highest BCUT2D eigenvalue weighted by Crippen LogP contribution is 2.33. The van der Waals surface area contributed by atoms with Crippen molar-refractivity contribution < 1.29 is 5.11 Å². The van der Waals surface area contributed by atoms with Gasteiger partial charge in [-0.25, -0.2) is 4.98 Å². The fourth-order valence-corrected chi connectivity index (χ4v) is 2.64. The molecule has 0 saturated heterocycles. The van der Waals surface area contributed by atoms with E-state index in [4.69, 9.17) is 0 Å². The van der Waals surface area contributed by atoms with E-state index in [1.165, 1.54) is 0 Å². The van der Waals surface area contributed by atoms with E-state index in [0.29, 0.717) is 0 Å². The fraction of sp³-hybridized carbons (Fsp3) is 0.0556. The number of benzene rings is 1. The molecule has 0 amide bonds. The second-order valence-electron chi connectivity index (χ2n) is 5.40. The van der Waals surface area contributed by atoms with Crippen molar-refractivity contribution in [1.29, 1.82) is 0 Å². The van der Waals surface area contributed by atoms with Crippen LogP contribution in [0.2, 0.25) is 0 Å². The topological polar surface area (TPSA) is 74.7 Å². The number of nitrogens with zero attached hydrogens (tertiary/aromatic N) is 3. The SMILES string of the molecule is Cc1cc2c(-c3ccccn3)cc(-c3ccn[nH]3)nc2cc1O. The fourth-order valence-electron chi connectivity index (χ4n) is 2.64. The Morgan fingerprint density at radius 3 is 2.65 bits per heavy atom. The number of hydrogen-bond donors (Lipinski definition) is 2. The summed E-state index contributed by atoms with van der Waals surface area (Å²) in [4.78, 5) is 9.10. The lowest BCUT2D eigenvalue weighted by Gasteiger charge is -2.10. The summed E-state index contributed by atoms with van der Waals surface area (Å²) in [5.74, 6) is 0.235. The zero-order valence-corrected chi connectivity index (χ0v) is 12.5. The normalized spacial score (nSPS) is 11.0. The third-order valence-electron chi connectivity index (χ3n) is 3.84. The van der Waals surface area contributed by atoms with Gasteiger partial charge < -0.3 is 5.11 Å². The Balaban J connectivity index is 2.07. The number of rotatable bonds is 2. The number of aryl methyl sites for hydroxylation is 1. The van der Waals surface area contributed by atoms with E-state index >= 15 is 0 Å². The van der Waals surface area contributed by atoms with Crippen LogP contribution in [0.1, 0.15) is 5.56 Å². The van der Waals surface area contributed by atoms with Crippen molar-refractivity contribution >= 4 is 10.9 Å². The molecule has 5 heteroatoms. The highest BCUT2D eigenvalue weighted by Gasteiger charge is 2.12. The highest BCUT2D eigenvalue weighted by atomic mass is 16.3. The maximum atomic E-state index is 10.0. The van der Waals surface area contributed by atoms with E-state index in [1.54, 1.807) is 18.5 Å². The maximum absolute atomic E-state index is 10.0. The van der Waals surface area contributed by atoms with Gasteiger partial charge in [0.15, 0.2) is 0 Å². The Morgan fingerprint density at radius 2 is 1.91 bits per heavy atom. The number of aromatic amines is 1. The quantitative estimate of drug-likeness (QED) is 0.592. The van der Waals surface area contributed by atoms with Crippen molar-refractivity contribution in [2.45, 2.75) is 6.92 Å². The number of aromatic nitrogens is 4. The summed E-state index contributed by atoms with van der Waals surface area (Å²) in [6.45, 7) is 1.87. The molecule has 0 radical (unpaired) electrons. The molecule has 3 aromatic heterocycles. The summed E-state index contributed by atoms with van der Waals surface area (Å²) in [7, 11) is 0. The Kier molecular flexibility index (Phi) is 3.05. The van der Waals surface area contributed by atoms with E-state index in [0.717, 1.165) is 39.1 Å². The predicted octanol–water partition coefficient (Wildman–Crippen LogP) is 3.70. The lowest BCUT2D eigenvalue weighted by atomic mass is 10.0. The molecule has 0 bridgehead atoms. The molecule has 2 N–H and O–H groups in total. The second-order valence-corrected chi connectivity index (χ2v) is 5.40. The van der Waals surface area contributed by atoms with E-state index in [2.05, 4.69) is 20.2 Å². The van der Waals surface area contributed by atoms with Crippen LogP contribution in [-0.2, 0) is 0 Å². The molecule has 4 rings (SSSR count). The smallest absolute Gasteiger partial charge is 0.120 e. The van der Waals surface area contributed by atoms with Crippen LogP contribution in [0.15, 0.2) is 54.9 Å². The number of H-pyrrole nitrogens is 1. The molecule has 112 valence electrons. The lowest BCUT2D eigenvalue weighted by Crippen LogP contribution is -1.92. The van der Waals surface area contributed by atoms with Crippen molar-refractivity contribution in [1.82, 2.24) is 20.2 Å². The van der Waals surface area contributed by atoms with Gasteiger partial charge in [-0.15, -0.1) is 0 Å². The number of pyridine rings is 2. The van der Waals surface area contributed by atoms with Crippen LogP contribution >= 0.6 is 0 Å². The molecule has 0 unspecified atom stereocenters. The first-order valence-electron chi connectivity index (χ1n) is 7.28. The summed E-state index contributed by atoms with van der Waals surface area (Å²) < 4.78 is 0. The molecule has 5 nitrogen and oxygen atoms in total. The molecule has 0 saturated carbocycles. The number of aromatic hydroxyl groups is 1. The van der Waals surface area contributed by atoms with Gasteiger partial charge in [-0.2, -0.15) is 5.10 Å². The Bertz CT molecular complexity index is 979. The number of phenolic OH excluding ortho intramolecular Hbond substituents is 1. The minimum atomic E-state index is 0.235. The van der Waals surface area contributed by atoms with Gasteiger partial charge in [0, 0.05) is 29.4 Å². The first kappa shape index (κ1) is 13.5. The molecule has 0 aliphatic rings. The monoisotopic (exact) mass is 302 g/mol. The molecular formula is C18H14N4O. The molecule has 0 fully saturated rings. The number of nitrogens with one attached hydrogen (secondary N) is 1. The van der Waals surface area contributed by atoms with Crippen LogP contribution in [0.25, 0.3) is 33.5 Å². The van der Waals surface area contributed by atoms with Gasteiger partial charge in [0.05, 0.1) is 22.6 Å². The zero-order chi connectivity index (χ0) is 15.8. The predicted molar refractivity (Wildman–Crippen MR) is 89.0 cm³/mol. The standard InChI is InChI=1S/C18H14N4O/c1-11-8-12-13(14-4-2-3-6-19-14)9-17(15-5-7-20-22-15)21-16(12)10-18(11)23/h2-10,23H,1H3,(H,20,22). The van der Waals surface area contributed by atoms with E-state index in [9.17, 15) is 5.11 Å². The third-order valence-corrected chi connectivity index (χ3v) is 3.84. The van der Waals surface area contributed by atoms with E-state index < -0.39 is 0 Å². The van der Waals surface area contributed by atoms with Gasteiger partial charge in [0.2, 0.25) is 0 Å². The third kappa shape index (κ3) is 2.32. The van der Waals surface area contributed by atoms with Gasteiger partial charge in [0.1, 0.15) is 5.75 Å². The van der Waals surface area contributed by atoms with Gasteiger partial charge >= 0.3 is 0 Å². The molecule has 3 heterocycles. The van der Waals surface area contributed by atoms with Crippen LogP contribution in [0.4, 0.5) is 0 Å². The first-order chi connectivity index (χ1) is 11.2. The molecule has 0 spiro atoms. The number of fused-ring (bicyclic) bond motifs is 1. The molecule has 23 heavy (non-hydrogen) atoms. The van der Waals surface area contributed by atoms with Crippen LogP contribution in [0.5, 0.6) is 5.75 Å². The minimum absolute atomic E-state index is 0.235. The zero-order valence-electron chi connectivity index (χ0n) is 12.5. The highest BCUT2D eigenvalue weighted by molar-refractivity contribution is 5.96. The number of hydrogen-bond acceptors (Lipinski definition) is 4. The largest absolute Gasteiger partial charge is 0.508 e. The van der Waals surface area contributed by atoms with Crippen molar-refractivity contribution in [2.75, 3.05) is 0 Å². The molecule has 0 aliphatic heterocycles. The van der Waals surface area contributed by atoms with E-state index in [-0.39, 0.29) is 5.75 Å². The van der Waals surface area contributed by atoms with Crippen molar-refractivity contribution in [2.24, 2.45) is 0 Å². The maximum Gasteiger partial charge on any atom is 0.120 e. The van der Waals surface area contributed by atoms with Crippen molar-refractivity contribution in [3.05, 3.63) is 60.4 Å². The van der Waals surface area contributed by atoms with Gasteiger partial charge in [-0.05, 0) is 42.8 Å². The van der Waals surface area contributed by atoms with Gasteiger partial charge in [0.25, 0.3) is 0 Å². The van der Waals surface area contributed by atoms with Crippen LogP contribution in [0.3, 0.4) is 0 Å². The summed E-state index contributed by atoms with van der Waals surface area (Å²) in [6, 6.07) is 13.3. The summed E-state index contributed by atoms with van der Waals surface area (Å²) in [5, 5.41) is 17.9. The summed E-state index contributed by atoms with van der Waals surface area (Å²) in [5.41, 5.74) is 4.96. The van der Waals surface area contributed by atoms with Crippen LogP contribution in [0, 0.1) is 6.92 Å². The van der Waals surface area contributed by atoms with E-state index in [1.807, 2.05) is 43.3 Å². The molecule has 0 aliphatic carbocycles. The lowest BCUT2D eigenvalue weighted by molar-refractivity contribution is 0.472. The Morgan fingerprint density at radius 1 is 1.00 bits per heavy atom. The minimum Gasteiger partial charge on any atom is -0.508 e.